The Morgan fingerprint density at radius 2 is 1.90 bits per heavy atom. The first-order chi connectivity index (χ1) is 9.49. The molecule has 1 N–H and O–H groups in total. The summed E-state index contributed by atoms with van der Waals surface area (Å²) in [4.78, 5) is 16.5. The van der Waals surface area contributed by atoms with Crippen LogP contribution in [0.25, 0.3) is 0 Å². The highest BCUT2D eigenvalue weighted by Gasteiger charge is 2.16. The number of carbonyl (C=O) groups is 1. The second-order valence-corrected chi connectivity index (χ2v) is 4.29. The van der Waals surface area contributed by atoms with E-state index in [1.807, 2.05) is 0 Å². The van der Waals surface area contributed by atoms with Gasteiger partial charge in [0.15, 0.2) is 12.7 Å². The van der Waals surface area contributed by atoms with Gasteiger partial charge >= 0.3 is 5.97 Å². The van der Waals surface area contributed by atoms with Crippen LogP contribution < -0.4 is 4.74 Å². The van der Waals surface area contributed by atoms with Gasteiger partial charge in [-0.2, -0.15) is 0 Å². The number of carbonyl (C=O) groups excluding carboxylic acids is 1. The first-order valence-electron chi connectivity index (χ1n) is 6.24. The molecule has 0 heterocycles. The smallest absolute Gasteiger partial charge is 0.347 e. The first kappa shape index (κ1) is 15.8. The third kappa shape index (κ3) is 6.08. The summed E-state index contributed by atoms with van der Waals surface area (Å²) in [5, 5.41) is 12.8. The number of rotatable bonds is 7. The molecule has 0 amide bonds. The molecule has 1 rings (SSSR count). The third-order valence-electron chi connectivity index (χ3n) is 2.15. The molecule has 0 bridgehead atoms. The zero-order valence-electron chi connectivity index (χ0n) is 11.8. The number of ether oxygens (including phenoxy) is 2. The predicted octanol–water partition coefficient (Wildman–Crippen LogP) is 2.12. The van der Waals surface area contributed by atoms with Gasteiger partial charge in [0.1, 0.15) is 18.1 Å². The van der Waals surface area contributed by atoms with Crippen molar-refractivity contribution >= 4 is 11.7 Å². The largest absolute Gasteiger partial charge is 0.508 e. The summed E-state index contributed by atoms with van der Waals surface area (Å²) in [7, 11) is 0. The van der Waals surface area contributed by atoms with E-state index in [2.05, 4.69) is 5.16 Å². The number of phenolic OH excluding ortho intramolecular Hbond substituents is 1. The van der Waals surface area contributed by atoms with Crippen LogP contribution in [0.1, 0.15) is 20.8 Å². The van der Waals surface area contributed by atoms with Crippen molar-refractivity contribution in [1.29, 1.82) is 0 Å². The lowest BCUT2D eigenvalue weighted by molar-refractivity contribution is -0.152. The van der Waals surface area contributed by atoms with E-state index >= 15 is 0 Å². The van der Waals surface area contributed by atoms with Gasteiger partial charge in [0.2, 0.25) is 0 Å². The molecule has 0 aromatic heterocycles. The minimum atomic E-state index is -0.740. The fourth-order valence-electron chi connectivity index (χ4n) is 1.25. The van der Waals surface area contributed by atoms with Crippen LogP contribution in [-0.2, 0) is 14.4 Å². The summed E-state index contributed by atoms with van der Waals surface area (Å²) in [6.07, 6.45) is -0.740. The second kappa shape index (κ2) is 8.04. The van der Waals surface area contributed by atoms with Crippen molar-refractivity contribution in [2.24, 2.45) is 5.16 Å². The Hall–Kier alpha value is -2.24. The van der Waals surface area contributed by atoms with Crippen molar-refractivity contribution in [3.63, 3.8) is 0 Å². The molecule has 6 heteroatoms. The average molecular weight is 281 g/mol. The van der Waals surface area contributed by atoms with E-state index < -0.39 is 12.1 Å². The SMILES string of the molecule is CC(C)=NOCCOC(=O)[C@@H](C)Oc1ccc(O)cc1. The van der Waals surface area contributed by atoms with Crippen LogP contribution >= 0.6 is 0 Å². The third-order valence-corrected chi connectivity index (χ3v) is 2.15. The molecule has 6 nitrogen and oxygen atoms in total. The minimum Gasteiger partial charge on any atom is -0.508 e. The maximum absolute atomic E-state index is 11.6. The van der Waals surface area contributed by atoms with Crippen LogP contribution in [-0.4, -0.2) is 36.1 Å². The number of oxime groups is 1. The standard InChI is InChI=1S/C14H19NO5/c1-10(2)15-19-9-8-18-14(17)11(3)20-13-6-4-12(16)5-7-13/h4-7,11,16H,8-9H2,1-3H3/t11-/m1/s1. The fourth-order valence-corrected chi connectivity index (χ4v) is 1.25. The van der Waals surface area contributed by atoms with Crippen molar-refractivity contribution in [2.45, 2.75) is 26.9 Å². The number of benzene rings is 1. The Morgan fingerprint density at radius 1 is 1.25 bits per heavy atom. The van der Waals surface area contributed by atoms with Crippen LogP contribution in [0.4, 0.5) is 0 Å². The van der Waals surface area contributed by atoms with Gasteiger partial charge in [0.05, 0.1) is 5.71 Å². The molecule has 0 spiro atoms. The predicted molar refractivity (Wildman–Crippen MR) is 73.9 cm³/mol. The van der Waals surface area contributed by atoms with E-state index in [1.54, 1.807) is 32.9 Å². The van der Waals surface area contributed by atoms with E-state index in [-0.39, 0.29) is 19.0 Å². The number of esters is 1. The molecule has 110 valence electrons. The van der Waals surface area contributed by atoms with Crippen LogP contribution in [0.3, 0.4) is 0 Å². The molecule has 1 atom stereocenters. The van der Waals surface area contributed by atoms with E-state index in [9.17, 15) is 4.79 Å². The van der Waals surface area contributed by atoms with Gasteiger partial charge in [-0.3, -0.25) is 0 Å². The molecule has 0 saturated heterocycles. The summed E-state index contributed by atoms with van der Waals surface area (Å²) >= 11 is 0. The summed E-state index contributed by atoms with van der Waals surface area (Å²) in [5.41, 5.74) is 0.792. The molecule has 0 aliphatic carbocycles. The normalized spacial score (nSPS) is 11.3. The van der Waals surface area contributed by atoms with Crippen molar-refractivity contribution in [1.82, 2.24) is 0 Å². The van der Waals surface area contributed by atoms with E-state index in [0.717, 1.165) is 5.71 Å². The van der Waals surface area contributed by atoms with Crippen LogP contribution in [0.5, 0.6) is 11.5 Å². The quantitative estimate of drug-likeness (QED) is 0.358. The van der Waals surface area contributed by atoms with Gasteiger partial charge in [-0.05, 0) is 45.0 Å². The number of nitrogens with zero attached hydrogens (tertiary/aromatic N) is 1. The number of hydrogen-bond donors (Lipinski definition) is 1. The van der Waals surface area contributed by atoms with E-state index in [4.69, 9.17) is 19.4 Å². The van der Waals surface area contributed by atoms with Gasteiger partial charge in [-0.15, -0.1) is 0 Å². The highest BCUT2D eigenvalue weighted by atomic mass is 16.6. The topological polar surface area (TPSA) is 77.4 Å². The van der Waals surface area contributed by atoms with Gasteiger partial charge in [0.25, 0.3) is 0 Å². The fraction of sp³-hybridized carbons (Fsp3) is 0.429. The van der Waals surface area contributed by atoms with E-state index in [1.165, 1.54) is 12.1 Å². The molecule has 0 unspecified atom stereocenters. The summed E-state index contributed by atoms with van der Waals surface area (Å²) in [6, 6.07) is 6.10. The van der Waals surface area contributed by atoms with Crippen molar-refractivity contribution in [3.05, 3.63) is 24.3 Å². The van der Waals surface area contributed by atoms with Crippen LogP contribution in [0, 0.1) is 0 Å². The number of aromatic hydroxyl groups is 1. The molecule has 20 heavy (non-hydrogen) atoms. The van der Waals surface area contributed by atoms with Gasteiger partial charge in [0, 0.05) is 0 Å². The zero-order chi connectivity index (χ0) is 15.0. The number of hydrogen-bond acceptors (Lipinski definition) is 6. The molecular formula is C14H19NO5. The van der Waals surface area contributed by atoms with Gasteiger partial charge < -0.3 is 19.4 Å². The summed E-state index contributed by atoms with van der Waals surface area (Å²) in [6.45, 7) is 5.51. The van der Waals surface area contributed by atoms with Crippen molar-refractivity contribution < 1.29 is 24.2 Å². The lowest BCUT2D eigenvalue weighted by atomic mass is 10.3. The van der Waals surface area contributed by atoms with Crippen molar-refractivity contribution in [3.8, 4) is 11.5 Å². The molecule has 1 aromatic carbocycles. The Bertz CT molecular complexity index is 451. The highest BCUT2D eigenvalue weighted by Crippen LogP contribution is 2.17. The Balaban J connectivity index is 2.28. The van der Waals surface area contributed by atoms with Gasteiger partial charge in [-0.1, -0.05) is 5.16 Å². The molecule has 0 aliphatic rings. The maximum Gasteiger partial charge on any atom is 0.347 e. The average Bonchev–Trinajstić information content (AvgIpc) is 2.40. The monoisotopic (exact) mass is 281 g/mol. The zero-order valence-corrected chi connectivity index (χ0v) is 11.8. The molecule has 0 aliphatic heterocycles. The molecule has 0 saturated carbocycles. The molecule has 1 aromatic rings. The van der Waals surface area contributed by atoms with Crippen LogP contribution in [0.2, 0.25) is 0 Å². The lowest BCUT2D eigenvalue weighted by Crippen LogP contribution is -2.27. The summed E-state index contributed by atoms with van der Waals surface area (Å²) < 4.78 is 10.3. The van der Waals surface area contributed by atoms with Crippen molar-refractivity contribution in [2.75, 3.05) is 13.2 Å². The van der Waals surface area contributed by atoms with E-state index in [0.29, 0.717) is 5.75 Å². The Morgan fingerprint density at radius 3 is 2.50 bits per heavy atom. The minimum absolute atomic E-state index is 0.110. The van der Waals surface area contributed by atoms with Gasteiger partial charge in [-0.25, -0.2) is 4.79 Å². The Labute approximate surface area is 117 Å². The molecule has 0 fully saturated rings. The number of phenols is 1. The molecule has 0 radical (unpaired) electrons. The lowest BCUT2D eigenvalue weighted by Gasteiger charge is -2.13. The summed E-state index contributed by atoms with van der Waals surface area (Å²) in [5.74, 6) is 0.130. The first-order valence-corrected chi connectivity index (χ1v) is 6.24. The second-order valence-electron chi connectivity index (χ2n) is 4.29. The van der Waals surface area contributed by atoms with Crippen LogP contribution in [0.15, 0.2) is 29.4 Å². The highest BCUT2D eigenvalue weighted by molar-refractivity contribution is 5.78. The Kier molecular flexibility index (Phi) is 6.36. The molecular weight excluding hydrogens is 262 g/mol. The maximum atomic E-state index is 11.6.